The smallest absolute Gasteiger partial charge is 0.255 e. The molecule has 1 unspecified atom stereocenters. The molecule has 1 N–H and O–H groups in total. The molecule has 3 aromatic rings. The van der Waals surface area contributed by atoms with Crippen LogP contribution in [0.5, 0.6) is 0 Å². The van der Waals surface area contributed by atoms with E-state index in [1.54, 1.807) is 10.9 Å². The van der Waals surface area contributed by atoms with Crippen molar-refractivity contribution in [3.05, 3.63) is 81.6 Å². The summed E-state index contributed by atoms with van der Waals surface area (Å²) in [5.74, 6) is -0.0971. The van der Waals surface area contributed by atoms with Gasteiger partial charge in [-0.05, 0) is 49.9 Å². The maximum atomic E-state index is 12.8. The van der Waals surface area contributed by atoms with Crippen LogP contribution in [-0.4, -0.2) is 15.7 Å². The third-order valence-corrected chi connectivity index (χ3v) is 5.34. The summed E-state index contributed by atoms with van der Waals surface area (Å²) in [5, 5.41) is 8.15. The van der Waals surface area contributed by atoms with Crippen LogP contribution in [-0.2, 0) is 6.42 Å². The van der Waals surface area contributed by atoms with Crippen molar-refractivity contribution in [2.45, 2.75) is 32.7 Å². The zero-order chi connectivity index (χ0) is 18.3. The second kappa shape index (κ2) is 6.61. The molecule has 4 rings (SSSR count). The van der Waals surface area contributed by atoms with Gasteiger partial charge in [-0.2, -0.15) is 5.10 Å². The van der Waals surface area contributed by atoms with Crippen molar-refractivity contribution in [3.63, 3.8) is 0 Å². The molecular weight excluding hydrogens is 346 g/mol. The maximum Gasteiger partial charge on any atom is 0.255 e. The van der Waals surface area contributed by atoms with Crippen LogP contribution in [0.15, 0.2) is 48.7 Å². The number of para-hydroxylation sites is 1. The van der Waals surface area contributed by atoms with E-state index in [-0.39, 0.29) is 11.9 Å². The summed E-state index contributed by atoms with van der Waals surface area (Å²) < 4.78 is 1.71. The van der Waals surface area contributed by atoms with Crippen molar-refractivity contribution < 1.29 is 4.79 Å². The molecule has 26 heavy (non-hydrogen) atoms. The molecule has 1 aliphatic rings. The van der Waals surface area contributed by atoms with Gasteiger partial charge in [0.25, 0.3) is 5.91 Å². The predicted molar refractivity (Wildman–Crippen MR) is 103 cm³/mol. The molecule has 1 atom stereocenters. The molecule has 0 fully saturated rings. The van der Waals surface area contributed by atoms with Gasteiger partial charge in [-0.25, -0.2) is 4.68 Å². The van der Waals surface area contributed by atoms with Crippen molar-refractivity contribution >= 4 is 17.5 Å². The van der Waals surface area contributed by atoms with E-state index in [0.29, 0.717) is 10.6 Å². The number of carbonyl (C=O) groups excluding carboxylic acids is 1. The molecule has 1 heterocycles. The lowest BCUT2D eigenvalue weighted by Gasteiger charge is -2.15. The summed E-state index contributed by atoms with van der Waals surface area (Å²) in [6.45, 7) is 3.97. The first-order chi connectivity index (χ1) is 12.5. The number of benzene rings is 2. The monoisotopic (exact) mass is 365 g/mol. The van der Waals surface area contributed by atoms with Gasteiger partial charge < -0.3 is 5.32 Å². The normalized spacial score (nSPS) is 15.7. The summed E-state index contributed by atoms with van der Waals surface area (Å²) in [6.07, 6.45) is 3.54. The van der Waals surface area contributed by atoms with E-state index in [9.17, 15) is 4.79 Å². The van der Waals surface area contributed by atoms with E-state index in [2.05, 4.69) is 35.5 Å². The Bertz CT molecular complexity index is 993. The molecular formula is C21H20ClN3O. The van der Waals surface area contributed by atoms with Crippen molar-refractivity contribution in [1.29, 1.82) is 0 Å². The number of hydrogen-bond acceptors (Lipinski definition) is 2. The number of halogens is 1. The number of aryl methyl sites for hydroxylation is 2. The van der Waals surface area contributed by atoms with E-state index in [1.807, 2.05) is 31.2 Å². The molecule has 132 valence electrons. The number of hydrogen-bond donors (Lipinski definition) is 1. The molecule has 1 aromatic heterocycles. The molecule has 0 radical (unpaired) electrons. The quantitative estimate of drug-likeness (QED) is 0.739. The van der Waals surface area contributed by atoms with Crippen LogP contribution in [0.4, 0.5) is 0 Å². The molecule has 1 amide bonds. The van der Waals surface area contributed by atoms with E-state index in [0.717, 1.165) is 24.2 Å². The van der Waals surface area contributed by atoms with Gasteiger partial charge in [0, 0.05) is 0 Å². The molecule has 1 aliphatic carbocycles. The zero-order valence-electron chi connectivity index (χ0n) is 14.8. The first-order valence-electron chi connectivity index (χ1n) is 8.74. The second-order valence-electron chi connectivity index (χ2n) is 6.77. The standard InChI is InChI=1S/C21H20ClN3O/c1-13-7-8-15-9-10-19(16(15)11-13)24-21(26)17-12-23-25(14(17)2)20-6-4-3-5-18(20)22/h3-8,11-12,19H,9-10H2,1-2H3,(H,24,26). The lowest BCUT2D eigenvalue weighted by atomic mass is 10.0. The van der Waals surface area contributed by atoms with Gasteiger partial charge in [0.15, 0.2) is 0 Å². The van der Waals surface area contributed by atoms with Crippen molar-refractivity contribution in [3.8, 4) is 5.69 Å². The first-order valence-corrected chi connectivity index (χ1v) is 9.12. The number of nitrogens with zero attached hydrogens (tertiary/aromatic N) is 2. The highest BCUT2D eigenvalue weighted by molar-refractivity contribution is 6.32. The van der Waals surface area contributed by atoms with Crippen LogP contribution in [0, 0.1) is 13.8 Å². The highest BCUT2D eigenvalue weighted by Gasteiger charge is 2.26. The Morgan fingerprint density at radius 1 is 1.23 bits per heavy atom. The Balaban J connectivity index is 1.59. The Labute approximate surface area is 157 Å². The highest BCUT2D eigenvalue weighted by atomic mass is 35.5. The summed E-state index contributed by atoms with van der Waals surface area (Å²) in [7, 11) is 0. The van der Waals surface area contributed by atoms with E-state index < -0.39 is 0 Å². The Hall–Kier alpha value is -2.59. The number of nitrogens with one attached hydrogen (secondary N) is 1. The van der Waals surface area contributed by atoms with Crippen molar-refractivity contribution in [1.82, 2.24) is 15.1 Å². The molecule has 0 saturated heterocycles. The van der Waals surface area contributed by atoms with E-state index in [1.165, 1.54) is 16.7 Å². The molecule has 0 bridgehead atoms. The van der Waals surface area contributed by atoms with Crippen LogP contribution in [0.25, 0.3) is 5.69 Å². The van der Waals surface area contributed by atoms with E-state index in [4.69, 9.17) is 11.6 Å². The topological polar surface area (TPSA) is 46.9 Å². The van der Waals surface area contributed by atoms with Crippen LogP contribution in [0.2, 0.25) is 5.02 Å². The van der Waals surface area contributed by atoms with Gasteiger partial charge in [-0.15, -0.1) is 0 Å². The first kappa shape index (κ1) is 16.9. The van der Waals surface area contributed by atoms with Crippen LogP contribution in [0.3, 0.4) is 0 Å². The van der Waals surface area contributed by atoms with Crippen molar-refractivity contribution in [2.75, 3.05) is 0 Å². The molecule has 5 heteroatoms. The molecule has 0 saturated carbocycles. The van der Waals surface area contributed by atoms with Gasteiger partial charge in [-0.3, -0.25) is 4.79 Å². The third kappa shape index (κ3) is 2.90. The van der Waals surface area contributed by atoms with Gasteiger partial charge in [0.05, 0.1) is 34.2 Å². The fraction of sp³-hybridized carbons (Fsp3) is 0.238. The Kier molecular flexibility index (Phi) is 4.29. The van der Waals surface area contributed by atoms with E-state index >= 15 is 0 Å². The van der Waals surface area contributed by atoms with Crippen molar-refractivity contribution in [2.24, 2.45) is 0 Å². The fourth-order valence-corrected chi connectivity index (χ4v) is 3.82. The van der Waals surface area contributed by atoms with Gasteiger partial charge in [0.2, 0.25) is 0 Å². The predicted octanol–water partition coefficient (Wildman–Crippen LogP) is 4.56. The number of amides is 1. The number of rotatable bonds is 3. The zero-order valence-corrected chi connectivity index (χ0v) is 15.5. The lowest BCUT2D eigenvalue weighted by molar-refractivity contribution is 0.0936. The van der Waals surface area contributed by atoms with Gasteiger partial charge in [0.1, 0.15) is 0 Å². The second-order valence-corrected chi connectivity index (χ2v) is 7.18. The molecule has 4 nitrogen and oxygen atoms in total. The minimum Gasteiger partial charge on any atom is -0.345 e. The highest BCUT2D eigenvalue weighted by Crippen LogP contribution is 2.32. The maximum absolute atomic E-state index is 12.8. The minimum absolute atomic E-state index is 0.0560. The van der Waals surface area contributed by atoms with Crippen LogP contribution >= 0.6 is 11.6 Å². The fourth-order valence-electron chi connectivity index (χ4n) is 3.61. The summed E-state index contributed by atoms with van der Waals surface area (Å²) >= 11 is 6.27. The molecule has 0 spiro atoms. The van der Waals surface area contributed by atoms with Gasteiger partial charge >= 0.3 is 0 Å². The minimum atomic E-state index is -0.0971. The average Bonchev–Trinajstić information content (AvgIpc) is 3.19. The lowest BCUT2D eigenvalue weighted by Crippen LogP contribution is -2.27. The average molecular weight is 366 g/mol. The molecule has 2 aromatic carbocycles. The third-order valence-electron chi connectivity index (χ3n) is 5.02. The van der Waals surface area contributed by atoms with Crippen LogP contribution in [0.1, 0.15) is 45.2 Å². The summed E-state index contributed by atoms with van der Waals surface area (Å²) in [5.41, 5.74) is 5.89. The summed E-state index contributed by atoms with van der Waals surface area (Å²) in [4.78, 5) is 12.8. The summed E-state index contributed by atoms with van der Waals surface area (Å²) in [6, 6.07) is 14.0. The Morgan fingerprint density at radius 2 is 2.04 bits per heavy atom. The number of fused-ring (bicyclic) bond motifs is 1. The SMILES string of the molecule is Cc1ccc2c(c1)C(NC(=O)c1cnn(-c3ccccc3Cl)c1C)CC2. The number of aromatic nitrogens is 2. The van der Waals surface area contributed by atoms with Crippen LogP contribution < -0.4 is 5.32 Å². The number of carbonyl (C=O) groups is 1. The molecule has 0 aliphatic heterocycles. The largest absolute Gasteiger partial charge is 0.345 e. The Morgan fingerprint density at radius 3 is 2.85 bits per heavy atom. The van der Waals surface area contributed by atoms with Gasteiger partial charge in [-0.1, -0.05) is 47.5 Å².